The largest absolute Gasteiger partial charge is 0.396 e. The molecule has 0 aliphatic carbocycles. The van der Waals surface area contributed by atoms with Gasteiger partial charge in [0.25, 0.3) is 5.91 Å². The standard InChI is InChI=1S/C17H19N3O/c18-16-14(17(19)21)7-4-8-15(16)20-10-9-13(11-20)12-5-2-1-3-6-12/h1-8,13H,9-11,18H2,(H2,19,21). The molecule has 2 aromatic carbocycles. The fraction of sp³-hybridized carbons (Fsp3) is 0.235. The fourth-order valence-electron chi connectivity index (χ4n) is 3.02. The average Bonchev–Trinajstić information content (AvgIpc) is 2.98. The molecular weight excluding hydrogens is 262 g/mol. The van der Waals surface area contributed by atoms with Crippen LogP contribution in [0.15, 0.2) is 48.5 Å². The van der Waals surface area contributed by atoms with Crippen molar-refractivity contribution in [1.82, 2.24) is 0 Å². The van der Waals surface area contributed by atoms with E-state index in [2.05, 4.69) is 29.2 Å². The van der Waals surface area contributed by atoms with Crippen molar-refractivity contribution in [3.8, 4) is 0 Å². The van der Waals surface area contributed by atoms with Crippen LogP contribution in [0.1, 0.15) is 28.3 Å². The second-order valence-electron chi connectivity index (χ2n) is 5.44. The Balaban J connectivity index is 1.84. The average molecular weight is 281 g/mol. The lowest BCUT2D eigenvalue weighted by Crippen LogP contribution is -2.22. The van der Waals surface area contributed by atoms with Gasteiger partial charge in [0.15, 0.2) is 0 Å². The van der Waals surface area contributed by atoms with Gasteiger partial charge in [0.2, 0.25) is 0 Å². The molecule has 1 amide bonds. The number of hydrogen-bond acceptors (Lipinski definition) is 3. The van der Waals surface area contributed by atoms with Gasteiger partial charge in [-0.3, -0.25) is 4.79 Å². The molecule has 1 aliphatic rings. The SMILES string of the molecule is NC(=O)c1cccc(N2CCC(c3ccccc3)C2)c1N. The van der Waals surface area contributed by atoms with E-state index in [9.17, 15) is 4.79 Å². The number of rotatable bonds is 3. The molecule has 21 heavy (non-hydrogen) atoms. The number of carbonyl (C=O) groups excluding carboxylic acids is 1. The summed E-state index contributed by atoms with van der Waals surface area (Å²) in [7, 11) is 0. The van der Waals surface area contributed by atoms with Gasteiger partial charge in [-0.15, -0.1) is 0 Å². The zero-order valence-corrected chi connectivity index (χ0v) is 11.8. The minimum atomic E-state index is -0.479. The zero-order valence-electron chi connectivity index (χ0n) is 11.8. The molecule has 0 saturated carbocycles. The second kappa shape index (κ2) is 5.48. The number of nitrogen functional groups attached to an aromatic ring is 1. The molecular formula is C17H19N3O. The molecule has 4 N–H and O–H groups in total. The molecule has 0 bridgehead atoms. The van der Waals surface area contributed by atoms with E-state index in [1.54, 1.807) is 6.07 Å². The third-order valence-corrected chi connectivity index (χ3v) is 4.15. The highest BCUT2D eigenvalue weighted by Crippen LogP contribution is 2.34. The Morgan fingerprint density at radius 3 is 2.57 bits per heavy atom. The molecule has 1 heterocycles. The van der Waals surface area contributed by atoms with E-state index in [1.807, 2.05) is 18.2 Å². The van der Waals surface area contributed by atoms with E-state index >= 15 is 0 Å². The van der Waals surface area contributed by atoms with Crippen LogP contribution in [0.25, 0.3) is 0 Å². The number of para-hydroxylation sites is 1. The van der Waals surface area contributed by atoms with E-state index in [4.69, 9.17) is 11.5 Å². The highest BCUT2D eigenvalue weighted by molar-refractivity contribution is 6.00. The fourth-order valence-corrected chi connectivity index (χ4v) is 3.02. The molecule has 1 saturated heterocycles. The van der Waals surface area contributed by atoms with Crippen LogP contribution < -0.4 is 16.4 Å². The van der Waals surface area contributed by atoms with Gasteiger partial charge in [-0.2, -0.15) is 0 Å². The zero-order chi connectivity index (χ0) is 14.8. The maximum Gasteiger partial charge on any atom is 0.250 e. The van der Waals surface area contributed by atoms with E-state index in [0.717, 1.165) is 25.2 Å². The summed E-state index contributed by atoms with van der Waals surface area (Å²) in [5, 5.41) is 0. The van der Waals surface area contributed by atoms with Crippen molar-refractivity contribution in [1.29, 1.82) is 0 Å². The van der Waals surface area contributed by atoms with Crippen LogP contribution in [0.3, 0.4) is 0 Å². The number of hydrogen-bond donors (Lipinski definition) is 2. The van der Waals surface area contributed by atoms with Crippen LogP contribution in [-0.4, -0.2) is 19.0 Å². The van der Waals surface area contributed by atoms with Crippen LogP contribution in [0.4, 0.5) is 11.4 Å². The molecule has 1 atom stereocenters. The van der Waals surface area contributed by atoms with Crippen LogP contribution >= 0.6 is 0 Å². The predicted octanol–water partition coefficient (Wildman–Crippen LogP) is 2.36. The van der Waals surface area contributed by atoms with Gasteiger partial charge in [0.1, 0.15) is 0 Å². The molecule has 0 radical (unpaired) electrons. The third-order valence-electron chi connectivity index (χ3n) is 4.15. The van der Waals surface area contributed by atoms with E-state index in [0.29, 0.717) is 17.2 Å². The minimum absolute atomic E-state index is 0.399. The van der Waals surface area contributed by atoms with Crippen LogP contribution in [-0.2, 0) is 0 Å². The minimum Gasteiger partial charge on any atom is -0.396 e. The number of amides is 1. The van der Waals surface area contributed by atoms with Crippen LogP contribution in [0.2, 0.25) is 0 Å². The number of anilines is 2. The van der Waals surface area contributed by atoms with Gasteiger partial charge in [-0.25, -0.2) is 0 Å². The van der Waals surface area contributed by atoms with Crippen molar-refractivity contribution in [2.75, 3.05) is 23.7 Å². The monoisotopic (exact) mass is 281 g/mol. The normalized spacial score (nSPS) is 17.9. The molecule has 0 aromatic heterocycles. The summed E-state index contributed by atoms with van der Waals surface area (Å²) in [5.41, 5.74) is 14.6. The molecule has 1 unspecified atom stereocenters. The second-order valence-corrected chi connectivity index (χ2v) is 5.44. The molecule has 1 aliphatic heterocycles. The highest BCUT2D eigenvalue weighted by Gasteiger charge is 2.25. The molecule has 1 fully saturated rings. The Labute approximate surface area is 124 Å². The summed E-state index contributed by atoms with van der Waals surface area (Å²) in [6.07, 6.45) is 1.09. The first-order chi connectivity index (χ1) is 10.2. The first-order valence-electron chi connectivity index (χ1n) is 7.15. The van der Waals surface area contributed by atoms with Crippen LogP contribution in [0.5, 0.6) is 0 Å². The number of nitrogens with two attached hydrogens (primary N) is 2. The molecule has 108 valence electrons. The number of primary amides is 1. The van der Waals surface area contributed by atoms with Crippen LogP contribution in [0, 0.1) is 0 Å². The molecule has 0 spiro atoms. The van der Waals surface area contributed by atoms with Gasteiger partial charge < -0.3 is 16.4 Å². The lowest BCUT2D eigenvalue weighted by molar-refractivity contribution is 0.100. The van der Waals surface area contributed by atoms with E-state index in [-0.39, 0.29) is 0 Å². The Hall–Kier alpha value is -2.49. The van der Waals surface area contributed by atoms with Crippen molar-refractivity contribution >= 4 is 17.3 Å². The van der Waals surface area contributed by atoms with Gasteiger partial charge in [0.05, 0.1) is 16.9 Å². The number of carbonyl (C=O) groups is 1. The first-order valence-corrected chi connectivity index (χ1v) is 7.15. The summed E-state index contributed by atoms with van der Waals surface area (Å²) in [4.78, 5) is 13.6. The van der Waals surface area contributed by atoms with E-state index in [1.165, 1.54) is 5.56 Å². The van der Waals surface area contributed by atoms with Gasteiger partial charge >= 0.3 is 0 Å². The Bertz CT molecular complexity index is 654. The van der Waals surface area contributed by atoms with Gasteiger partial charge in [0, 0.05) is 19.0 Å². The summed E-state index contributed by atoms with van der Waals surface area (Å²) >= 11 is 0. The summed E-state index contributed by atoms with van der Waals surface area (Å²) in [6, 6.07) is 16.0. The lowest BCUT2D eigenvalue weighted by Gasteiger charge is -2.21. The summed E-state index contributed by atoms with van der Waals surface area (Å²) in [6.45, 7) is 1.85. The molecule has 4 nitrogen and oxygen atoms in total. The van der Waals surface area contributed by atoms with Crippen molar-refractivity contribution in [2.24, 2.45) is 5.73 Å². The third kappa shape index (κ3) is 2.57. The topological polar surface area (TPSA) is 72.4 Å². The molecule has 2 aromatic rings. The Morgan fingerprint density at radius 1 is 1.10 bits per heavy atom. The Kier molecular flexibility index (Phi) is 3.52. The Morgan fingerprint density at radius 2 is 1.86 bits per heavy atom. The number of nitrogens with zero attached hydrogens (tertiary/aromatic N) is 1. The maximum atomic E-state index is 11.4. The molecule has 4 heteroatoms. The summed E-state index contributed by atoms with van der Waals surface area (Å²) < 4.78 is 0. The quantitative estimate of drug-likeness (QED) is 0.848. The lowest BCUT2D eigenvalue weighted by atomic mass is 9.99. The highest BCUT2D eigenvalue weighted by atomic mass is 16.1. The van der Waals surface area contributed by atoms with Crippen molar-refractivity contribution < 1.29 is 4.79 Å². The van der Waals surface area contributed by atoms with E-state index < -0.39 is 5.91 Å². The number of benzene rings is 2. The predicted molar refractivity (Wildman–Crippen MR) is 85.4 cm³/mol. The summed E-state index contributed by atoms with van der Waals surface area (Å²) in [5.74, 6) is 0.0241. The van der Waals surface area contributed by atoms with Crippen molar-refractivity contribution in [3.05, 3.63) is 59.7 Å². The molecule has 3 rings (SSSR count). The van der Waals surface area contributed by atoms with Crippen molar-refractivity contribution in [3.63, 3.8) is 0 Å². The maximum absolute atomic E-state index is 11.4. The smallest absolute Gasteiger partial charge is 0.250 e. The first kappa shape index (κ1) is 13.5. The van der Waals surface area contributed by atoms with Gasteiger partial charge in [-0.1, -0.05) is 36.4 Å². The van der Waals surface area contributed by atoms with Crippen molar-refractivity contribution in [2.45, 2.75) is 12.3 Å². The van der Waals surface area contributed by atoms with Gasteiger partial charge in [-0.05, 0) is 24.1 Å².